The van der Waals surface area contributed by atoms with Crippen LogP contribution < -0.4 is 0 Å². The molecule has 30 heavy (non-hydrogen) atoms. The van der Waals surface area contributed by atoms with Crippen molar-refractivity contribution in [2.75, 3.05) is 0 Å². The molecule has 0 aliphatic carbocycles. The second-order valence-electron chi connectivity index (χ2n) is 7.96. The summed E-state index contributed by atoms with van der Waals surface area (Å²) in [6, 6.07) is 0. The molecule has 0 aromatic heterocycles. The summed E-state index contributed by atoms with van der Waals surface area (Å²) in [5, 5.41) is -8.41. The average molecular weight is 415 g/mol. The van der Waals surface area contributed by atoms with Crippen molar-refractivity contribution in [1.82, 2.24) is 9.80 Å². The van der Waals surface area contributed by atoms with E-state index in [-0.39, 0.29) is 4.90 Å². The molecule has 1 heterocycles. The minimum atomic E-state index is -6.31. The fraction of sp³-hybridized carbons (Fsp3) is 0.917. The van der Waals surface area contributed by atoms with Gasteiger partial charge in [0.25, 0.3) is 5.50 Å². The molecule has 4 nitrogen and oxygen atoms in total. The van der Waals surface area contributed by atoms with Gasteiger partial charge in [0.15, 0.2) is 7.85 Å². The molecule has 1 amide bonds. The average Bonchev–Trinajstić information content (AvgIpc) is 2.40. The second kappa shape index (κ2) is 7.17. The Labute approximate surface area is 181 Å². The lowest BCUT2D eigenvalue weighted by molar-refractivity contribution is -0.331. The van der Waals surface area contributed by atoms with Crippen LogP contribution in [0, 0.1) is 0 Å². The first-order valence-electron chi connectivity index (χ1n) is 8.02. The van der Waals surface area contributed by atoms with Crippen molar-refractivity contribution in [3.8, 4) is 0 Å². The van der Waals surface area contributed by atoms with Crippen molar-refractivity contribution in [2.24, 2.45) is 0 Å². The molecule has 1 aliphatic rings. The lowest BCUT2D eigenvalue weighted by Crippen LogP contribution is -2.90. The van der Waals surface area contributed by atoms with E-state index in [1.54, 1.807) is 0 Å². The Morgan fingerprint density at radius 2 is 1.23 bits per heavy atom. The Bertz CT molecular complexity index is 680. The molecule has 18 heteroatoms. The summed E-state index contributed by atoms with van der Waals surface area (Å²) in [7, 11) is 45.0. The number of amides is 1. The Kier molecular flexibility index (Phi) is 6.54. The van der Waals surface area contributed by atoms with Gasteiger partial charge >= 0.3 is 18.4 Å². The van der Waals surface area contributed by atoms with Crippen molar-refractivity contribution in [1.29, 1.82) is 0 Å². The van der Waals surface area contributed by atoms with E-state index in [1.165, 1.54) is 20.8 Å². The first-order chi connectivity index (χ1) is 12.8. The topological polar surface area (TPSA) is 32.8 Å². The monoisotopic (exact) mass is 416 g/mol. The summed E-state index contributed by atoms with van der Waals surface area (Å²) in [5.41, 5.74) is -6.58. The highest BCUT2D eigenvalue weighted by atomic mass is 19.4. The highest BCUT2D eigenvalue weighted by molar-refractivity contribution is 6.57. The first-order valence-corrected chi connectivity index (χ1v) is 8.02. The number of carbonyl (C=O) groups is 1. The van der Waals surface area contributed by atoms with Gasteiger partial charge in [-0.1, -0.05) is 0 Å². The molecule has 146 valence electrons. The number of carbonyl (C=O) groups excluding carboxylic acids is 1. The van der Waals surface area contributed by atoms with Crippen LogP contribution in [-0.4, -0.2) is 124 Å². The molecule has 1 atom stereocenters. The smallest absolute Gasteiger partial charge is 0.427 e. The summed E-state index contributed by atoms with van der Waals surface area (Å²) in [6.45, 7) is 4.46. The summed E-state index contributed by atoms with van der Waals surface area (Å²) in [4.78, 5) is 13.1. The van der Waals surface area contributed by atoms with Gasteiger partial charge in [0.2, 0.25) is 0 Å². The van der Waals surface area contributed by atoms with Crippen LogP contribution in [0.25, 0.3) is 0 Å². The third kappa shape index (κ3) is 3.94. The normalized spacial score (nSPS) is 25.0. The maximum Gasteiger partial charge on any atom is 0.427 e. The van der Waals surface area contributed by atoms with E-state index in [0.29, 0.717) is 0 Å². The van der Waals surface area contributed by atoms with E-state index in [4.69, 9.17) is 54.9 Å². The van der Waals surface area contributed by atoms with Gasteiger partial charge in [0, 0.05) is 5.54 Å². The van der Waals surface area contributed by atoms with Crippen LogP contribution in [0.2, 0.25) is 0 Å². The molecule has 1 rings (SSSR count). The molecule has 1 aliphatic heterocycles. The van der Waals surface area contributed by atoms with E-state index < -0.39 is 51.4 Å². The molecule has 1 saturated heterocycles. The fourth-order valence-electron chi connectivity index (χ4n) is 3.00. The van der Waals surface area contributed by atoms with Crippen LogP contribution in [0.4, 0.5) is 31.1 Å². The third-order valence-corrected chi connectivity index (χ3v) is 4.55. The molecule has 1 fully saturated rings. The fourth-order valence-corrected chi connectivity index (χ4v) is 3.00. The largest absolute Gasteiger partial charge is 0.434 e. The Morgan fingerprint density at radius 3 is 1.53 bits per heavy atom. The Balaban J connectivity index is 3.63. The van der Waals surface area contributed by atoms with Crippen LogP contribution in [0.15, 0.2) is 0 Å². The van der Waals surface area contributed by atoms with Crippen LogP contribution in [-0.2, 0) is 4.74 Å². The van der Waals surface area contributed by atoms with Gasteiger partial charge in [-0.2, -0.15) is 26.3 Å². The standard InChI is InChI=1S/C12H10B8F6N2O2/c1-6(2,3)27-4(13)7(14,15)28(10(19,20)9(27,17)18)5(29)30-8(16,11(21,22)23)12(24,25)26/h4H,1-3H3. The zero-order valence-electron chi connectivity index (χ0n) is 16.2. The number of nitrogens with zero attached hydrogens (tertiary/aromatic N) is 2. The van der Waals surface area contributed by atoms with E-state index >= 15 is 0 Å². The number of hydrogen-bond acceptors (Lipinski definition) is 3. The third-order valence-electron chi connectivity index (χ3n) is 4.55. The SMILES string of the molecule is [B]C1N(C(C)(C)C)C([B])([B])C([B])([B])N(C(=O)OC([B])(C(F)(F)F)C(F)(F)F)C1([B])[B]. The van der Waals surface area contributed by atoms with Crippen LogP contribution >= 0.6 is 0 Å². The van der Waals surface area contributed by atoms with Gasteiger partial charge in [0.1, 0.15) is 0 Å². The number of ether oxygens (including phenoxy) is 1. The zero-order chi connectivity index (χ0) is 24.5. The number of piperazine rings is 1. The lowest BCUT2D eigenvalue weighted by Gasteiger charge is -2.73. The van der Waals surface area contributed by atoms with Gasteiger partial charge in [-0.05, 0) is 42.7 Å². The predicted octanol–water partition coefficient (Wildman–Crippen LogP) is -1.00. The molecular formula is C12H10B8F6N2O2. The number of hydrogen-bond donors (Lipinski definition) is 0. The molecular weight excluding hydrogens is 405 g/mol. The molecule has 0 saturated carbocycles. The molecule has 0 bridgehead atoms. The van der Waals surface area contributed by atoms with E-state index in [0.717, 1.165) is 4.90 Å². The van der Waals surface area contributed by atoms with E-state index in [9.17, 15) is 31.1 Å². The zero-order valence-corrected chi connectivity index (χ0v) is 16.2. The second-order valence-corrected chi connectivity index (χ2v) is 7.96. The molecule has 16 radical (unpaired) electrons. The maximum absolute atomic E-state index is 13.0. The summed E-state index contributed by atoms with van der Waals surface area (Å²) >= 11 is 0. The summed E-state index contributed by atoms with van der Waals surface area (Å²) < 4.78 is 81.6. The molecule has 0 spiro atoms. The van der Waals surface area contributed by atoms with Crippen LogP contribution in [0.1, 0.15) is 20.8 Å². The van der Waals surface area contributed by atoms with Crippen molar-refractivity contribution >= 4 is 68.9 Å². The van der Waals surface area contributed by atoms with Gasteiger partial charge in [-0.25, -0.2) is 4.79 Å². The number of alkyl halides is 6. The minimum absolute atomic E-state index is 0.313. The summed E-state index contributed by atoms with van der Waals surface area (Å²) in [6.07, 6.45) is -15.1. The summed E-state index contributed by atoms with van der Waals surface area (Å²) in [5.74, 6) is -1.80. The van der Waals surface area contributed by atoms with E-state index in [1.807, 2.05) is 0 Å². The quantitative estimate of drug-likeness (QED) is 0.407. The lowest BCUT2D eigenvalue weighted by atomic mass is 9.31. The molecule has 0 aromatic rings. The van der Waals surface area contributed by atoms with Crippen molar-refractivity contribution in [3.63, 3.8) is 0 Å². The van der Waals surface area contributed by atoms with E-state index in [2.05, 4.69) is 12.6 Å². The predicted molar refractivity (Wildman–Crippen MR) is 103 cm³/mol. The maximum atomic E-state index is 13.0. The molecule has 0 aromatic carbocycles. The molecule has 1 unspecified atom stereocenters. The number of halogens is 6. The van der Waals surface area contributed by atoms with Crippen LogP contribution in [0.5, 0.6) is 0 Å². The highest BCUT2D eigenvalue weighted by Gasteiger charge is 2.71. The van der Waals surface area contributed by atoms with Gasteiger partial charge < -0.3 is 14.5 Å². The Morgan fingerprint density at radius 1 is 0.867 bits per heavy atom. The van der Waals surface area contributed by atoms with Crippen molar-refractivity contribution < 1.29 is 35.9 Å². The molecule has 0 N–H and O–H groups in total. The van der Waals surface area contributed by atoms with Gasteiger partial charge in [-0.3, -0.25) is 0 Å². The van der Waals surface area contributed by atoms with Crippen molar-refractivity contribution in [3.05, 3.63) is 0 Å². The highest BCUT2D eigenvalue weighted by Crippen LogP contribution is 2.46. The van der Waals surface area contributed by atoms with Crippen LogP contribution in [0.3, 0.4) is 0 Å². The van der Waals surface area contributed by atoms with Gasteiger partial charge in [0.05, 0.1) is 54.9 Å². The Hall–Kier alpha value is -0.671. The first kappa shape index (κ1) is 27.4. The van der Waals surface area contributed by atoms with Gasteiger partial charge in [-0.15, -0.1) is 0 Å². The van der Waals surface area contributed by atoms with Crippen molar-refractivity contribution in [2.45, 2.75) is 66.1 Å². The minimum Gasteiger partial charge on any atom is -0.434 e. The number of rotatable bonds is 1.